The second-order valence-electron chi connectivity index (χ2n) is 19.7. The van der Waals surface area contributed by atoms with Gasteiger partial charge < -0.3 is 9.80 Å². The van der Waals surface area contributed by atoms with Crippen LogP contribution in [-0.2, 0) is 10.8 Å². The van der Waals surface area contributed by atoms with E-state index in [1.165, 1.54) is 116 Å². The summed E-state index contributed by atoms with van der Waals surface area (Å²) in [5, 5.41) is 10.1. The molecule has 0 amide bonds. The summed E-state index contributed by atoms with van der Waals surface area (Å²) in [6.45, 7) is 20.7. The molecule has 2 heterocycles. The highest BCUT2D eigenvalue weighted by Gasteiger charge is 2.44. The lowest BCUT2D eigenvalue weighted by molar-refractivity contribution is 0.591. The highest BCUT2D eigenvalue weighted by atomic mass is 15.3. The van der Waals surface area contributed by atoms with Crippen LogP contribution in [0.15, 0.2) is 146 Å². The fourth-order valence-electron chi connectivity index (χ4n) is 10.5. The lowest BCUT2D eigenvalue weighted by atomic mass is 9.33. The molecule has 0 radical (unpaired) electrons. The molecule has 2 aliphatic heterocycles. The SMILES string of the molecule is Cc1cc(C)c(B2c3cc4cc(C(C)(C)C)ccc4cc3N3c4cc5ccccc5cc4N(c4ccc5cc(C(C)(C)C)ccc5c4)c4cc5ccccc5c2c43)c(C)c1. The molecule has 0 fully saturated rings. The second kappa shape index (κ2) is 12.8. The summed E-state index contributed by atoms with van der Waals surface area (Å²) in [7, 11) is 0. The van der Waals surface area contributed by atoms with Crippen LogP contribution in [0.5, 0.6) is 0 Å². The molecule has 0 saturated carbocycles. The van der Waals surface area contributed by atoms with Crippen molar-refractivity contribution in [1.82, 2.24) is 0 Å². The molecular weight excluding hydrogens is 723 g/mol. The summed E-state index contributed by atoms with van der Waals surface area (Å²) in [5.74, 6) is 0. The number of aryl methyl sites for hydroxylation is 3. The van der Waals surface area contributed by atoms with Gasteiger partial charge in [-0.1, -0.05) is 173 Å². The number of hydrogen-bond acceptors (Lipinski definition) is 2. The molecule has 0 spiro atoms. The third-order valence-corrected chi connectivity index (χ3v) is 13.5. The summed E-state index contributed by atoms with van der Waals surface area (Å²) in [4.78, 5) is 5.20. The van der Waals surface area contributed by atoms with Crippen LogP contribution in [-0.4, -0.2) is 6.71 Å². The Kier molecular flexibility index (Phi) is 7.86. The van der Waals surface area contributed by atoms with E-state index in [-0.39, 0.29) is 17.5 Å². The molecule has 2 nitrogen and oxygen atoms in total. The molecule has 292 valence electrons. The van der Waals surface area contributed by atoms with Crippen LogP contribution in [0, 0.1) is 20.8 Å². The van der Waals surface area contributed by atoms with Crippen molar-refractivity contribution < 1.29 is 0 Å². The van der Waals surface area contributed by atoms with E-state index in [1.54, 1.807) is 0 Å². The zero-order valence-electron chi connectivity index (χ0n) is 36.3. The van der Waals surface area contributed by atoms with Gasteiger partial charge in [-0.3, -0.25) is 0 Å². The van der Waals surface area contributed by atoms with Gasteiger partial charge in [-0.05, 0) is 133 Å². The minimum absolute atomic E-state index is 0.00988. The maximum atomic E-state index is 2.63. The van der Waals surface area contributed by atoms with Crippen molar-refractivity contribution >= 4 is 100 Å². The largest absolute Gasteiger partial charge is 0.307 e. The molecule has 9 aromatic rings. The third kappa shape index (κ3) is 5.55. The Morgan fingerprint density at radius 1 is 0.400 bits per heavy atom. The van der Waals surface area contributed by atoms with Crippen LogP contribution >= 0.6 is 0 Å². The molecular formula is C57H51BN2. The second-order valence-corrected chi connectivity index (χ2v) is 19.7. The van der Waals surface area contributed by atoms with Gasteiger partial charge in [-0.25, -0.2) is 0 Å². The minimum atomic E-state index is 0.00988. The van der Waals surface area contributed by atoms with Crippen LogP contribution in [0.25, 0.3) is 43.1 Å². The number of benzene rings is 9. The van der Waals surface area contributed by atoms with Crippen LogP contribution in [0.2, 0.25) is 0 Å². The summed E-state index contributed by atoms with van der Waals surface area (Å²) in [6.07, 6.45) is 0. The topological polar surface area (TPSA) is 6.48 Å². The van der Waals surface area contributed by atoms with Crippen molar-refractivity contribution in [3.8, 4) is 0 Å². The first-order valence-electron chi connectivity index (χ1n) is 21.6. The Hall–Kier alpha value is -6.32. The van der Waals surface area contributed by atoms with E-state index in [0.29, 0.717) is 0 Å². The zero-order valence-corrected chi connectivity index (χ0v) is 36.3. The highest BCUT2D eigenvalue weighted by molar-refractivity contribution is 7.00. The van der Waals surface area contributed by atoms with Gasteiger partial charge in [0.15, 0.2) is 0 Å². The first kappa shape index (κ1) is 36.7. The molecule has 0 aromatic heterocycles. The van der Waals surface area contributed by atoms with Crippen molar-refractivity contribution in [3.05, 3.63) is 173 Å². The predicted molar refractivity (Wildman–Crippen MR) is 262 cm³/mol. The molecule has 0 atom stereocenters. The molecule has 11 rings (SSSR count). The first-order valence-corrected chi connectivity index (χ1v) is 21.6. The van der Waals surface area contributed by atoms with Crippen molar-refractivity contribution in [2.75, 3.05) is 9.80 Å². The standard InChI is InChI=1S/C57H51BN2/c1-34-24-35(2)53(36(3)25-34)58-48-29-43-27-45(57(7,8)9)22-19-41(43)30-49(48)60-51-32-38-15-11-10-14-37(38)31-50(51)59(52-33-42-16-12-13-17-47(42)54(58)55(52)60)46-23-20-39-26-44(56(4,5)6)21-18-40(39)28-46/h10-33H,1-9H3. The monoisotopic (exact) mass is 774 g/mol. The molecule has 2 aliphatic rings. The Morgan fingerprint density at radius 2 is 0.900 bits per heavy atom. The van der Waals surface area contributed by atoms with E-state index in [1.807, 2.05) is 0 Å². The van der Waals surface area contributed by atoms with E-state index >= 15 is 0 Å². The smallest absolute Gasteiger partial charge is 0.248 e. The van der Waals surface area contributed by atoms with Crippen LogP contribution in [0.3, 0.4) is 0 Å². The average Bonchev–Trinajstić information content (AvgIpc) is 3.21. The van der Waals surface area contributed by atoms with Crippen molar-refractivity contribution in [2.24, 2.45) is 0 Å². The fraction of sp³-hybridized carbons (Fsp3) is 0.193. The molecule has 0 bridgehead atoms. The highest BCUT2D eigenvalue weighted by Crippen LogP contribution is 2.57. The van der Waals surface area contributed by atoms with Crippen LogP contribution < -0.4 is 26.2 Å². The third-order valence-electron chi connectivity index (χ3n) is 13.5. The molecule has 9 aromatic carbocycles. The van der Waals surface area contributed by atoms with Gasteiger partial charge in [-0.15, -0.1) is 0 Å². The number of fused-ring (bicyclic) bond motifs is 9. The minimum Gasteiger partial charge on any atom is -0.307 e. The molecule has 0 aliphatic carbocycles. The first-order chi connectivity index (χ1) is 28.7. The molecule has 0 saturated heterocycles. The summed E-state index contributed by atoms with van der Waals surface area (Å²) in [6, 6.07) is 56.3. The van der Waals surface area contributed by atoms with Crippen LogP contribution in [0.4, 0.5) is 34.1 Å². The average molecular weight is 775 g/mol. The maximum absolute atomic E-state index is 2.63. The number of anilines is 6. The molecule has 0 unspecified atom stereocenters. The van der Waals surface area contributed by atoms with Crippen molar-refractivity contribution in [1.29, 1.82) is 0 Å². The Bertz CT molecular complexity index is 3260. The van der Waals surface area contributed by atoms with Gasteiger partial charge in [0.2, 0.25) is 6.71 Å². The summed E-state index contributed by atoms with van der Waals surface area (Å²) >= 11 is 0. The Labute approximate surface area is 355 Å². The molecule has 3 heteroatoms. The van der Waals surface area contributed by atoms with Gasteiger partial charge in [-0.2, -0.15) is 0 Å². The van der Waals surface area contributed by atoms with E-state index in [9.17, 15) is 0 Å². The molecule has 60 heavy (non-hydrogen) atoms. The van der Waals surface area contributed by atoms with Gasteiger partial charge in [0, 0.05) is 11.4 Å². The lowest BCUT2D eigenvalue weighted by Gasteiger charge is -2.46. The normalized spacial score (nSPS) is 13.7. The van der Waals surface area contributed by atoms with Crippen molar-refractivity contribution in [3.63, 3.8) is 0 Å². The summed E-state index contributed by atoms with van der Waals surface area (Å²) in [5.41, 5.74) is 18.2. The van der Waals surface area contributed by atoms with Gasteiger partial charge in [0.05, 0.1) is 22.7 Å². The van der Waals surface area contributed by atoms with Gasteiger partial charge >= 0.3 is 0 Å². The molecule has 0 N–H and O–H groups in total. The van der Waals surface area contributed by atoms with Crippen LogP contribution in [0.1, 0.15) is 69.4 Å². The van der Waals surface area contributed by atoms with E-state index in [4.69, 9.17) is 0 Å². The van der Waals surface area contributed by atoms with Gasteiger partial charge in [0.25, 0.3) is 0 Å². The van der Waals surface area contributed by atoms with E-state index in [0.717, 1.165) is 5.69 Å². The van der Waals surface area contributed by atoms with E-state index < -0.39 is 0 Å². The number of hydrogen-bond donors (Lipinski definition) is 0. The Balaban J connectivity index is 1.29. The van der Waals surface area contributed by atoms with Crippen molar-refractivity contribution in [2.45, 2.75) is 73.1 Å². The Morgan fingerprint density at radius 3 is 1.55 bits per heavy atom. The number of nitrogens with zero attached hydrogens (tertiary/aromatic N) is 2. The van der Waals surface area contributed by atoms with Gasteiger partial charge in [0.1, 0.15) is 0 Å². The fourth-order valence-corrected chi connectivity index (χ4v) is 10.5. The summed E-state index contributed by atoms with van der Waals surface area (Å²) < 4.78 is 0. The zero-order chi connectivity index (χ0) is 41.4. The number of rotatable bonds is 2. The van der Waals surface area contributed by atoms with E-state index in [2.05, 4.69) is 218 Å². The lowest BCUT2D eigenvalue weighted by Crippen LogP contribution is -2.59. The predicted octanol–water partition coefficient (Wildman–Crippen LogP) is 13.9. The quantitative estimate of drug-likeness (QED) is 0.161. The maximum Gasteiger partial charge on any atom is 0.248 e.